The average molecular weight is 306 g/mol. The van der Waals surface area contributed by atoms with Gasteiger partial charge in [-0.1, -0.05) is 24.3 Å². The Morgan fingerprint density at radius 2 is 1.82 bits per heavy atom. The van der Waals surface area contributed by atoms with Crippen molar-refractivity contribution in [1.29, 1.82) is 0 Å². The molecule has 0 aliphatic heterocycles. The summed E-state index contributed by atoms with van der Waals surface area (Å²) < 4.78 is 5.23. The third-order valence-electron chi connectivity index (χ3n) is 3.31. The molecule has 1 rings (SSSR count). The van der Waals surface area contributed by atoms with Gasteiger partial charge in [0.25, 0.3) is 0 Å². The molecule has 0 saturated carbocycles. The maximum absolute atomic E-state index is 11.6. The lowest BCUT2D eigenvalue weighted by atomic mass is 10.0. The number of amides is 1. The first kappa shape index (κ1) is 18.5. The molecule has 1 amide bonds. The van der Waals surface area contributed by atoms with Crippen LogP contribution in [-0.4, -0.2) is 30.3 Å². The summed E-state index contributed by atoms with van der Waals surface area (Å²) in [5.74, 6) is 0. The second-order valence-corrected chi connectivity index (χ2v) is 6.98. The zero-order chi connectivity index (χ0) is 16.8. The fourth-order valence-electron chi connectivity index (χ4n) is 2.32. The van der Waals surface area contributed by atoms with E-state index in [1.54, 1.807) is 0 Å². The van der Waals surface area contributed by atoms with Crippen molar-refractivity contribution in [2.24, 2.45) is 0 Å². The third kappa shape index (κ3) is 7.46. The van der Waals surface area contributed by atoms with Crippen LogP contribution in [0.25, 0.3) is 0 Å². The largest absolute Gasteiger partial charge is 0.444 e. The van der Waals surface area contributed by atoms with Crippen molar-refractivity contribution in [2.75, 3.05) is 6.54 Å². The maximum Gasteiger partial charge on any atom is 0.407 e. The second kappa shape index (κ2) is 8.18. The van der Waals surface area contributed by atoms with Crippen molar-refractivity contribution < 1.29 is 9.53 Å². The third-order valence-corrected chi connectivity index (χ3v) is 3.31. The first-order chi connectivity index (χ1) is 10.2. The molecule has 124 valence electrons. The molecule has 0 bridgehead atoms. The number of nitrogens with one attached hydrogen (secondary N) is 2. The Labute approximate surface area is 134 Å². The maximum atomic E-state index is 11.6. The molecule has 1 aromatic carbocycles. The summed E-state index contributed by atoms with van der Waals surface area (Å²) in [6, 6.07) is 8.96. The fraction of sp³-hybridized carbons (Fsp3) is 0.611. The minimum Gasteiger partial charge on any atom is -0.444 e. The minimum absolute atomic E-state index is 0.187. The van der Waals surface area contributed by atoms with E-state index in [0.29, 0.717) is 12.6 Å². The van der Waals surface area contributed by atoms with E-state index in [9.17, 15) is 4.79 Å². The highest BCUT2D eigenvalue weighted by Crippen LogP contribution is 2.10. The van der Waals surface area contributed by atoms with E-state index >= 15 is 0 Å². The Hall–Kier alpha value is -1.55. The van der Waals surface area contributed by atoms with Crippen LogP contribution in [0.4, 0.5) is 4.79 Å². The van der Waals surface area contributed by atoms with Gasteiger partial charge in [-0.05, 0) is 59.1 Å². The number of aryl methyl sites for hydroxylation is 1. The lowest BCUT2D eigenvalue weighted by Crippen LogP contribution is -2.44. The molecule has 0 heterocycles. The average Bonchev–Trinajstić information content (AvgIpc) is 2.37. The van der Waals surface area contributed by atoms with Gasteiger partial charge < -0.3 is 15.4 Å². The van der Waals surface area contributed by atoms with E-state index in [0.717, 1.165) is 6.42 Å². The molecular weight excluding hydrogens is 276 g/mol. The summed E-state index contributed by atoms with van der Waals surface area (Å²) in [6.45, 7) is 12.5. The van der Waals surface area contributed by atoms with Crippen molar-refractivity contribution in [2.45, 2.75) is 65.6 Å². The number of benzene rings is 1. The fourth-order valence-corrected chi connectivity index (χ4v) is 2.32. The van der Waals surface area contributed by atoms with Crippen molar-refractivity contribution >= 4 is 6.09 Å². The molecule has 0 saturated heterocycles. The van der Waals surface area contributed by atoms with Crippen molar-refractivity contribution in [3.8, 4) is 0 Å². The molecule has 4 nitrogen and oxygen atoms in total. The zero-order valence-corrected chi connectivity index (χ0v) is 14.7. The zero-order valence-electron chi connectivity index (χ0n) is 14.7. The molecule has 2 N–H and O–H groups in total. The lowest BCUT2D eigenvalue weighted by molar-refractivity contribution is 0.0522. The first-order valence-electron chi connectivity index (χ1n) is 7.95. The second-order valence-electron chi connectivity index (χ2n) is 6.98. The van der Waals surface area contributed by atoms with Crippen LogP contribution in [0.3, 0.4) is 0 Å². The van der Waals surface area contributed by atoms with E-state index in [-0.39, 0.29) is 12.1 Å². The molecule has 2 atom stereocenters. The molecule has 0 spiro atoms. The van der Waals surface area contributed by atoms with E-state index < -0.39 is 5.60 Å². The van der Waals surface area contributed by atoms with Crippen molar-refractivity contribution in [1.82, 2.24) is 10.6 Å². The monoisotopic (exact) mass is 306 g/mol. The molecular formula is C18H30N2O2. The smallest absolute Gasteiger partial charge is 0.407 e. The number of alkyl carbamates (subject to hydrolysis) is 1. The van der Waals surface area contributed by atoms with Crippen LogP contribution in [0, 0.1) is 6.92 Å². The first-order valence-corrected chi connectivity index (χ1v) is 7.95. The van der Waals surface area contributed by atoms with E-state index in [4.69, 9.17) is 4.74 Å². The van der Waals surface area contributed by atoms with Gasteiger partial charge in [0.05, 0.1) is 0 Å². The molecule has 4 heteroatoms. The van der Waals surface area contributed by atoms with Crippen LogP contribution in [0.5, 0.6) is 0 Å². The van der Waals surface area contributed by atoms with Crippen LogP contribution >= 0.6 is 0 Å². The van der Waals surface area contributed by atoms with Gasteiger partial charge in [0.15, 0.2) is 0 Å². The predicted molar refractivity (Wildman–Crippen MR) is 91.2 cm³/mol. The summed E-state index contributed by atoms with van der Waals surface area (Å²) in [4.78, 5) is 11.6. The van der Waals surface area contributed by atoms with Crippen molar-refractivity contribution in [3.63, 3.8) is 0 Å². The molecule has 0 aromatic heterocycles. The van der Waals surface area contributed by atoms with E-state index in [1.165, 1.54) is 11.1 Å². The molecule has 1 aromatic rings. The van der Waals surface area contributed by atoms with E-state index in [1.807, 2.05) is 20.8 Å². The van der Waals surface area contributed by atoms with Gasteiger partial charge in [-0.15, -0.1) is 0 Å². The molecule has 0 aliphatic carbocycles. The highest BCUT2D eigenvalue weighted by molar-refractivity contribution is 5.67. The topological polar surface area (TPSA) is 50.4 Å². The van der Waals surface area contributed by atoms with Crippen LogP contribution < -0.4 is 10.6 Å². The van der Waals surface area contributed by atoms with Crippen LogP contribution in [0.15, 0.2) is 24.3 Å². The summed E-state index contributed by atoms with van der Waals surface area (Å²) in [5.41, 5.74) is 2.21. The van der Waals surface area contributed by atoms with Gasteiger partial charge in [0, 0.05) is 18.6 Å². The summed E-state index contributed by atoms with van der Waals surface area (Å²) >= 11 is 0. The predicted octanol–water partition coefficient (Wildman–Crippen LogP) is 3.43. The molecule has 22 heavy (non-hydrogen) atoms. The Morgan fingerprint density at radius 3 is 2.41 bits per heavy atom. The molecule has 0 radical (unpaired) electrons. The van der Waals surface area contributed by atoms with Gasteiger partial charge in [0.2, 0.25) is 0 Å². The Bertz CT molecular complexity index is 480. The highest BCUT2D eigenvalue weighted by atomic mass is 16.6. The molecule has 0 aliphatic rings. The van der Waals surface area contributed by atoms with Gasteiger partial charge in [-0.3, -0.25) is 0 Å². The molecule has 2 unspecified atom stereocenters. The lowest BCUT2D eigenvalue weighted by Gasteiger charge is -2.23. The number of ether oxygens (including phenoxy) is 1. The number of hydrogen-bond donors (Lipinski definition) is 2. The van der Waals surface area contributed by atoms with Gasteiger partial charge in [-0.25, -0.2) is 4.79 Å². The summed E-state index contributed by atoms with van der Waals surface area (Å²) in [5, 5.41) is 6.30. The number of rotatable bonds is 6. The van der Waals surface area contributed by atoms with Crippen LogP contribution in [0.2, 0.25) is 0 Å². The van der Waals surface area contributed by atoms with Crippen molar-refractivity contribution in [3.05, 3.63) is 35.4 Å². The van der Waals surface area contributed by atoms with E-state index in [2.05, 4.69) is 55.7 Å². The van der Waals surface area contributed by atoms with Crippen LogP contribution in [-0.2, 0) is 11.2 Å². The minimum atomic E-state index is -0.459. The summed E-state index contributed by atoms with van der Waals surface area (Å²) in [6.07, 6.45) is 0.608. The standard InChI is InChI=1S/C18H30N2O2/c1-13-9-7-8-10-16(13)11-14(2)20-15(3)12-19-17(21)22-18(4,5)6/h7-10,14-15,20H,11-12H2,1-6H3,(H,19,21). The van der Waals surface area contributed by atoms with Gasteiger partial charge in [-0.2, -0.15) is 0 Å². The number of carbonyl (C=O) groups is 1. The quantitative estimate of drug-likeness (QED) is 0.846. The Morgan fingerprint density at radius 1 is 1.18 bits per heavy atom. The SMILES string of the molecule is Cc1ccccc1CC(C)NC(C)CNC(=O)OC(C)(C)C. The Kier molecular flexibility index (Phi) is 6.88. The summed E-state index contributed by atoms with van der Waals surface area (Å²) in [7, 11) is 0. The van der Waals surface area contributed by atoms with Gasteiger partial charge in [0.1, 0.15) is 5.60 Å². The number of carbonyl (C=O) groups excluding carboxylic acids is 1. The van der Waals surface area contributed by atoms with Gasteiger partial charge >= 0.3 is 6.09 Å². The highest BCUT2D eigenvalue weighted by Gasteiger charge is 2.17. The number of hydrogen-bond acceptors (Lipinski definition) is 3. The molecule has 0 fully saturated rings. The normalized spacial score (nSPS) is 14.3. The Balaban J connectivity index is 2.34. The van der Waals surface area contributed by atoms with Crippen LogP contribution in [0.1, 0.15) is 45.7 Å².